The van der Waals surface area contributed by atoms with Crippen LogP contribution in [0.15, 0.2) is 36.5 Å². The maximum absolute atomic E-state index is 11.0. The predicted octanol–water partition coefficient (Wildman–Crippen LogP) is 2.43. The molecule has 0 bridgehead atoms. The van der Waals surface area contributed by atoms with Crippen LogP contribution < -0.4 is 4.52 Å². The summed E-state index contributed by atoms with van der Waals surface area (Å²) in [4.78, 5) is 13.2. The monoisotopic (exact) mass is 223 g/mol. The van der Waals surface area contributed by atoms with E-state index in [1.165, 1.54) is 6.20 Å². The molecule has 0 saturated heterocycles. The molecule has 0 aliphatic heterocycles. The highest BCUT2D eigenvalue weighted by Gasteiger charge is 2.12. The lowest BCUT2D eigenvalue weighted by Gasteiger charge is -2.08. The third kappa shape index (κ3) is 2.55. The van der Waals surface area contributed by atoms with Gasteiger partial charge in [0.25, 0.3) is 0 Å². The Morgan fingerprint density at radius 2 is 2.13 bits per heavy atom. The van der Waals surface area contributed by atoms with Gasteiger partial charge in [-0.05, 0) is 12.1 Å². The quantitative estimate of drug-likeness (QED) is 0.794. The minimum absolute atomic E-state index is 0.307. The zero-order chi connectivity index (χ0) is 10.9. The highest BCUT2D eigenvalue weighted by atomic mass is 31.2. The summed E-state index contributed by atoms with van der Waals surface area (Å²) < 4.78 is 15.9. The summed E-state index contributed by atoms with van der Waals surface area (Å²) in [6.45, 7) is 1.14. The Hall–Kier alpha value is -1.38. The van der Waals surface area contributed by atoms with E-state index in [9.17, 15) is 4.57 Å². The molecule has 1 heterocycles. The lowest BCUT2D eigenvalue weighted by Crippen LogP contribution is -1.90. The van der Waals surface area contributed by atoms with Crippen molar-refractivity contribution < 1.29 is 14.0 Å². The second-order valence-corrected chi connectivity index (χ2v) is 5.05. The number of nitrogens with zero attached hydrogens (tertiary/aromatic N) is 1. The van der Waals surface area contributed by atoms with Crippen molar-refractivity contribution in [1.29, 1.82) is 0 Å². The summed E-state index contributed by atoms with van der Waals surface area (Å²) in [5.41, 5.74) is 0.828. The van der Waals surface area contributed by atoms with E-state index in [-0.39, 0.29) is 0 Å². The average molecular weight is 223 g/mol. The van der Waals surface area contributed by atoms with Crippen molar-refractivity contribution >= 4 is 18.5 Å². The average Bonchev–Trinajstić information content (AvgIpc) is 2.15. The zero-order valence-electron chi connectivity index (χ0n) is 8.12. The predicted molar refractivity (Wildman–Crippen MR) is 58.1 cm³/mol. The van der Waals surface area contributed by atoms with Crippen molar-refractivity contribution in [3.63, 3.8) is 0 Å². The zero-order valence-corrected chi connectivity index (χ0v) is 9.02. The number of benzene rings is 1. The van der Waals surface area contributed by atoms with Crippen molar-refractivity contribution in [2.45, 2.75) is 0 Å². The SMILES string of the molecule is CP(=O)(O)Oc1cnc2ccccc2c1. The molecule has 78 valence electrons. The molecular formula is C10H10NO3P. The number of hydrogen-bond donors (Lipinski definition) is 1. The maximum atomic E-state index is 11.0. The molecule has 1 unspecified atom stereocenters. The van der Waals surface area contributed by atoms with Crippen LogP contribution in [0.25, 0.3) is 10.9 Å². The molecule has 2 aromatic rings. The maximum Gasteiger partial charge on any atom is 0.373 e. The van der Waals surface area contributed by atoms with Gasteiger partial charge < -0.3 is 9.42 Å². The van der Waals surface area contributed by atoms with Gasteiger partial charge in [0.05, 0.1) is 11.7 Å². The molecule has 2 rings (SSSR count). The van der Waals surface area contributed by atoms with Gasteiger partial charge in [0.2, 0.25) is 0 Å². The molecule has 0 saturated carbocycles. The van der Waals surface area contributed by atoms with E-state index in [0.717, 1.165) is 17.6 Å². The Bertz CT molecular complexity index is 535. The van der Waals surface area contributed by atoms with Gasteiger partial charge >= 0.3 is 7.60 Å². The number of hydrogen-bond acceptors (Lipinski definition) is 3. The summed E-state index contributed by atoms with van der Waals surface area (Å²) in [5.74, 6) is 0.307. The lowest BCUT2D eigenvalue weighted by molar-refractivity contribution is 0.387. The molecular weight excluding hydrogens is 213 g/mol. The van der Waals surface area contributed by atoms with E-state index in [2.05, 4.69) is 4.98 Å². The van der Waals surface area contributed by atoms with E-state index < -0.39 is 7.60 Å². The summed E-state index contributed by atoms with van der Waals surface area (Å²) in [6.07, 6.45) is 1.44. The Balaban J connectivity index is 2.43. The van der Waals surface area contributed by atoms with Gasteiger partial charge in [0.15, 0.2) is 0 Å². The lowest BCUT2D eigenvalue weighted by atomic mass is 10.2. The second-order valence-electron chi connectivity index (χ2n) is 3.26. The standard InChI is InChI=1S/C10H10NO3P/c1-15(12,13)14-9-6-8-4-2-3-5-10(8)11-7-9/h2-7H,1H3,(H,12,13). The van der Waals surface area contributed by atoms with E-state index in [0.29, 0.717) is 5.75 Å². The fourth-order valence-corrected chi connectivity index (χ4v) is 1.79. The van der Waals surface area contributed by atoms with Crippen LogP contribution in [0.3, 0.4) is 0 Å². The number of para-hydroxylation sites is 1. The Morgan fingerprint density at radius 1 is 1.40 bits per heavy atom. The number of aromatic nitrogens is 1. The van der Waals surface area contributed by atoms with Crippen molar-refractivity contribution in [2.24, 2.45) is 0 Å². The topological polar surface area (TPSA) is 59.4 Å². The molecule has 0 aliphatic rings. The Labute approximate surface area is 87.1 Å². The first-order valence-corrected chi connectivity index (χ1v) is 6.42. The molecule has 15 heavy (non-hydrogen) atoms. The minimum Gasteiger partial charge on any atom is -0.423 e. The molecule has 0 aliphatic carbocycles. The van der Waals surface area contributed by atoms with Gasteiger partial charge in [0.1, 0.15) is 5.75 Å². The third-order valence-electron chi connectivity index (χ3n) is 1.84. The van der Waals surface area contributed by atoms with Gasteiger partial charge in [-0.3, -0.25) is 4.98 Å². The number of rotatable bonds is 2. The first-order valence-electron chi connectivity index (χ1n) is 4.39. The fourth-order valence-electron chi connectivity index (χ4n) is 1.30. The van der Waals surface area contributed by atoms with E-state index in [1.54, 1.807) is 6.07 Å². The molecule has 0 radical (unpaired) electrons. The molecule has 5 heteroatoms. The van der Waals surface area contributed by atoms with Crippen molar-refractivity contribution in [3.8, 4) is 5.75 Å². The van der Waals surface area contributed by atoms with Gasteiger partial charge in [0, 0.05) is 12.1 Å². The van der Waals surface area contributed by atoms with E-state index in [1.807, 2.05) is 24.3 Å². The van der Waals surface area contributed by atoms with Gasteiger partial charge in [-0.15, -0.1) is 0 Å². The summed E-state index contributed by atoms with van der Waals surface area (Å²) in [5, 5.41) is 0.878. The van der Waals surface area contributed by atoms with Crippen LogP contribution in [0.4, 0.5) is 0 Å². The molecule has 0 fully saturated rings. The van der Waals surface area contributed by atoms with Crippen LogP contribution in [0, 0.1) is 0 Å². The largest absolute Gasteiger partial charge is 0.423 e. The molecule has 4 nitrogen and oxygen atoms in total. The smallest absolute Gasteiger partial charge is 0.373 e. The van der Waals surface area contributed by atoms with Gasteiger partial charge in [-0.25, -0.2) is 4.57 Å². The van der Waals surface area contributed by atoms with Crippen LogP contribution in [0.5, 0.6) is 5.75 Å². The van der Waals surface area contributed by atoms with Crippen LogP contribution in [0.2, 0.25) is 0 Å². The summed E-state index contributed by atoms with van der Waals surface area (Å²) in [7, 11) is -3.51. The van der Waals surface area contributed by atoms with Crippen molar-refractivity contribution in [3.05, 3.63) is 36.5 Å². The fraction of sp³-hybridized carbons (Fsp3) is 0.100. The molecule has 0 amide bonds. The molecule has 1 N–H and O–H groups in total. The first kappa shape index (κ1) is 10.1. The minimum atomic E-state index is -3.51. The molecule has 1 aromatic heterocycles. The van der Waals surface area contributed by atoms with Crippen molar-refractivity contribution in [1.82, 2.24) is 4.98 Å². The Morgan fingerprint density at radius 3 is 2.87 bits per heavy atom. The highest BCUT2D eigenvalue weighted by molar-refractivity contribution is 7.52. The van der Waals surface area contributed by atoms with Crippen LogP contribution in [0.1, 0.15) is 0 Å². The summed E-state index contributed by atoms with van der Waals surface area (Å²) in [6, 6.07) is 9.18. The van der Waals surface area contributed by atoms with Gasteiger partial charge in [-0.2, -0.15) is 0 Å². The molecule has 1 atom stereocenters. The van der Waals surface area contributed by atoms with Crippen LogP contribution in [-0.2, 0) is 4.57 Å². The Kier molecular flexibility index (Phi) is 2.47. The van der Waals surface area contributed by atoms with Crippen LogP contribution >= 0.6 is 7.60 Å². The number of pyridine rings is 1. The number of fused-ring (bicyclic) bond motifs is 1. The molecule has 0 spiro atoms. The van der Waals surface area contributed by atoms with Crippen LogP contribution in [-0.4, -0.2) is 16.5 Å². The normalized spacial score (nSPS) is 14.8. The van der Waals surface area contributed by atoms with E-state index in [4.69, 9.17) is 9.42 Å². The first-order chi connectivity index (χ1) is 7.04. The van der Waals surface area contributed by atoms with Crippen molar-refractivity contribution in [2.75, 3.05) is 6.66 Å². The third-order valence-corrected chi connectivity index (χ3v) is 2.39. The second kappa shape index (κ2) is 3.65. The molecule has 1 aromatic carbocycles. The highest BCUT2D eigenvalue weighted by Crippen LogP contribution is 2.38. The van der Waals surface area contributed by atoms with E-state index >= 15 is 0 Å². The summed E-state index contributed by atoms with van der Waals surface area (Å²) >= 11 is 0. The van der Waals surface area contributed by atoms with Gasteiger partial charge in [-0.1, -0.05) is 18.2 Å².